The lowest BCUT2D eigenvalue weighted by Gasteiger charge is -2.36. The van der Waals surface area contributed by atoms with Gasteiger partial charge in [0.05, 0.1) is 0 Å². The van der Waals surface area contributed by atoms with Crippen LogP contribution >= 0.6 is 0 Å². The Morgan fingerprint density at radius 3 is 2.75 bits per heavy atom. The third-order valence-corrected chi connectivity index (χ3v) is 4.76. The van der Waals surface area contributed by atoms with E-state index in [0.717, 1.165) is 37.1 Å². The summed E-state index contributed by atoms with van der Waals surface area (Å²) < 4.78 is 0. The highest BCUT2D eigenvalue weighted by Gasteiger charge is 2.28. The van der Waals surface area contributed by atoms with Gasteiger partial charge in [-0.1, -0.05) is 36.4 Å². The number of hydrogen-bond acceptors (Lipinski definition) is 2. The van der Waals surface area contributed by atoms with Crippen molar-refractivity contribution in [2.45, 2.75) is 12.5 Å². The van der Waals surface area contributed by atoms with Gasteiger partial charge in [-0.15, -0.1) is 0 Å². The maximum absolute atomic E-state index is 12.9. The fraction of sp³-hybridized carbons (Fsp3) is 0.250. The first-order valence-electron chi connectivity index (χ1n) is 8.44. The smallest absolute Gasteiger partial charge is 0.254 e. The number of hydrogen-bond donors (Lipinski definition) is 2. The van der Waals surface area contributed by atoms with Crippen molar-refractivity contribution in [1.82, 2.24) is 15.2 Å². The summed E-state index contributed by atoms with van der Waals surface area (Å²) in [6.07, 6.45) is 2.93. The van der Waals surface area contributed by atoms with Gasteiger partial charge < -0.3 is 15.2 Å². The van der Waals surface area contributed by atoms with Crippen LogP contribution in [0.2, 0.25) is 0 Å². The summed E-state index contributed by atoms with van der Waals surface area (Å²) >= 11 is 0. The summed E-state index contributed by atoms with van der Waals surface area (Å²) in [7, 11) is 0. The van der Waals surface area contributed by atoms with Crippen molar-refractivity contribution in [2.75, 3.05) is 19.6 Å². The van der Waals surface area contributed by atoms with E-state index in [1.165, 1.54) is 10.9 Å². The van der Waals surface area contributed by atoms with Crippen molar-refractivity contribution in [2.24, 2.45) is 0 Å². The summed E-state index contributed by atoms with van der Waals surface area (Å²) in [6.45, 7) is 2.43. The van der Waals surface area contributed by atoms with Crippen LogP contribution in [0.15, 0.2) is 60.8 Å². The number of aromatic nitrogens is 1. The normalized spacial score (nSPS) is 18.0. The molecule has 4 nitrogen and oxygen atoms in total. The second-order valence-electron chi connectivity index (χ2n) is 6.29. The van der Waals surface area contributed by atoms with Crippen molar-refractivity contribution in [3.63, 3.8) is 0 Å². The number of nitrogens with one attached hydrogen (secondary N) is 2. The number of fused-ring (bicyclic) bond motifs is 1. The van der Waals surface area contributed by atoms with Crippen molar-refractivity contribution in [3.05, 3.63) is 71.9 Å². The number of carbonyl (C=O) groups excluding carboxylic acids is 1. The second-order valence-corrected chi connectivity index (χ2v) is 6.29. The Morgan fingerprint density at radius 2 is 1.88 bits per heavy atom. The van der Waals surface area contributed by atoms with Crippen molar-refractivity contribution < 1.29 is 4.79 Å². The van der Waals surface area contributed by atoms with Crippen LogP contribution in [-0.2, 0) is 6.42 Å². The number of benzene rings is 2. The van der Waals surface area contributed by atoms with Crippen LogP contribution in [0.4, 0.5) is 0 Å². The van der Waals surface area contributed by atoms with Gasteiger partial charge in [-0.2, -0.15) is 0 Å². The maximum atomic E-state index is 12.9. The molecule has 2 heterocycles. The first-order valence-corrected chi connectivity index (χ1v) is 8.44. The molecule has 1 aliphatic rings. The average molecular weight is 319 g/mol. The third-order valence-electron chi connectivity index (χ3n) is 4.76. The standard InChI is InChI=1S/C20H21N3O/c24-20(15-6-2-1-3-7-15)23-11-10-21-14-17(23)12-16-13-22-19-9-5-4-8-18(16)19/h1-9,13,17,21-22H,10-12,14H2/t17-/m1/s1. The molecule has 2 aromatic carbocycles. The minimum absolute atomic E-state index is 0.127. The number of rotatable bonds is 3. The molecule has 1 aromatic heterocycles. The Morgan fingerprint density at radius 1 is 1.08 bits per heavy atom. The summed E-state index contributed by atoms with van der Waals surface area (Å²) in [5.74, 6) is 0.127. The van der Waals surface area contributed by atoms with Crippen LogP contribution in [0.5, 0.6) is 0 Å². The monoisotopic (exact) mass is 319 g/mol. The zero-order chi connectivity index (χ0) is 16.4. The highest BCUT2D eigenvalue weighted by molar-refractivity contribution is 5.94. The molecule has 4 rings (SSSR count). The fourth-order valence-corrected chi connectivity index (χ4v) is 3.51. The molecule has 1 amide bonds. The highest BCUT2D eigenvalue weighted by atomic mass is 16.2. The second kappa shape index (κ2) is 6.49. The van der Waals surface area contributed by atoms with E-state index < -0.39 is 0 Å². The number of amides is 1. The Bertz CT molecular complexity index is 840. The van der Waals surface area contributed by atoms with Crippen LogP contribution in [0.25, 0.3) is 10.9 Å². The summed E-state index contributed by atoms with van der Waals surface area (Å²) in [5.41, 5.74) is 3.19. The number of piperazine rings is 1. The van der Waals surface area contributed by atoms with Crippen LogP contribution in [-0.4, -0.2) is 41.5 Å². The van der Waals surface area contributed by atoms with Gasteiger partial charge in [-0.3, -0.25) is 4.79 Å². The SMILES string of the molecule is O=C(c1ccccc1)N1CCNC[C@H]1Cc1c[nH]c2ccccc12. The number of nitrogens with zero attached hydrogens (tertiary/aromatic N) is 1. The van der Waals surface area contributed by atoms with Gasteiger partial charge in [0.25, 0.3) is 5.91 Å². The Kier molecular flexibility index (Phi) is 4.05. The van der Waals surface area contributed by atoms with E-state index in [0.29, 0.717) is 0 Å². The molecule has 0 spiro atoms. The average Bonchev–Trinajstić information content (AvgIpc) is 3.05. The molecule has 1 saturated heterocycles. The molecule has 0 saturated carbocycles. The molecule has 0 radical (unpaired) electrons. The molecule has 122 valence electrons. The molecule has 1 aliphatic heterocycles. The van der Waals surface area contributed by atoms with E-state index in [1.54, 1.807) is 0 Å². The molecular weight excluding hydrogens is 298 g/mol. The van der Waals surface area contributed by atoms with Crippen molar-refractivity contribution in [3.8, 4) is 0 Å². The third kappa shape index (κ3) is 2.81. The van der Waals surface area contributed by atoms with E-state index in [4.69, 9.17) is 0 Å². The predicted octanol–water partition coefficient (Wildman–Crippen LogP) is 2.82. The molecule has 0 bridgehead atoms. The van der Waals surface area contributed by atoms with Crippen molar-refractivity contribution in [1.29, 1.82) is 0 Å². The van der Waals surface area contributed by atoms with Gasteiger partial charge >= 0.3 is 0 Å². The van der Waals surface area contributed by atoms with E-state index in [2.05, 4.69) is 34.7 Å². The largest absolute Gasteiger partial charge is 0.361 e. The van der Waals surface area contributed by atoms with Crippen LogP contribution in [0.1, 0.15) is 15.9 Å². The Hall–Kier alpha value is -2.59. The Labute approximate surface area is 141 Å². The van der Waals surface area contributed by atoms with Gasteiger partial charge in [-0.05, 0) is 30.2 Å². The topological polar surface area (TPSA) is 48.1 Å². The number of para-hydroxylation sites is 1. The quantitative estimate of drug-likeness (QED) is 0.780. The van der Waals surface area contributed by atoms with Crippen LogP contribution in [0, 0.1) is 0 Å². The summed E-state index contributed by atoms with van der Waals surface area (Å²) in [4.78, 5) is 18.2. The predicted molar refractivity (Wildman–Crippen MR) is 96.1 cm³/mol. The van der Waals surface area contributed by atoms with Gasteiger partial charge in [0.1, 0.15) is 0 Å². The zero-order valence-corrected chi connectivity index (χ0v) is 13.5. The zero-order valence-electron chi connectivity index (χ0n) is 13.5. The van der Waals surface area contributed by atoms with E-state index in [-0.39, 0.29) is 11.9 Å². The summed E-state index contributed by atoms with van der Waals surface area (Å²) in [5, 5.41) is 4.67. The van der Waals surface area contributed by atoms with Crippen molar-refractivity contribution >= 4 is 16.8 Å². The lowest BCUT2D eigenvalue weighted by molar-refractivity contribution is 0.0636. The molecule has 0 unspecified atom stereocenters. The molecule has 3 aromatic rings. The number of aromatic amines is 1. The van der Waals surface area contributed by atoms with Gasteiger partial charge in [0, 0.05) is 48.3 Å². The molecular formula is C20H21N3O. The van der Waals surface area contributed by atoms with E-state index in [1.807, 2.05) is 41.3 Å². The molecule has 1 atom stereocenters. The minimum Gasteiger partial charge on any atom is -0.361 e. The minimum atomic E-state index is 0.127. The fourth-order valence-electron chi connectivity index (χ4n) is 3.51. The van der Waals surface area contributed by atoms with E-state index >= 15 is 0 Å². The number of H-pyrrole nitrogens is 1. The van der Waals surface area contributed by atoms with Crippen LogP contribution < -0.4 is 5.32 Å². The molecule has 2 N–H and O–H groups in total. The van der Waals surface area contributed by atoms with Gasteiger partial charge in [0.2, 0.25) is 0 Å². The first kappa shape index (κ1) is 15.0. The molecule has 1 fully saturated rings. The molecule has 0 aliphatic carbocycles. The lowest BCUT2D eigenvalue weighted by atomic mass is 10.0. The Balaban J connectivity index is 1.59. The highest BCUT2D eigenvalue weighted by Crippen LogP contribution is 2.22. The molecule has 24 heavy (non-hydrogen) atoms. The van der Waals surface area contributed by atoms with E-state index in [9.17, 15) is 4.79 Å². The molecule has 4 heteroatoms. The summed E-state index contributed by atoms with van der Waals surface area (Å²) in [6, 6.07) is 18.1. The van der Waals surface area contributed by atoms with Gasteiger partial charge in [-0.25, -0.2) is 0 Å². The first-order chi connectivity index (χ1) is 11.8. The maximum Gasteiger partial charge on any atom is 0.254 e. The lowest BCUT2D eigenvalue weighted by Crippen LogP contribution is -2.54. The van der Waals surface area contributed by atoms with Crippen LogP contribution in [0.3, 0.4) is 0 Å². The number of carbonyl (C=O) groups is 1. The van der Waals surface area contributed by atoms with Gasteiger partial charge in [0.15, 0.2) is 0 Å².